The highest BCUT2D eigenvalue weighted by molar-refractivity contribution is 5.84. The number of imidazole rings is 1. The number of ketones is 1. The molecule has 0 fully saturated rings. The molecule has 0 saturated carbocycles. The van der Waals surface area contributed by atoms with Crippen molar-refractivity contribution >= 4 is 22.7 Å². The molecule has 1 amide bonds. The maximum Gasteiger partial charge on any atom is 0.224 e. The summed E-state index contributed by atoms with van der Waals surface area (Å²) in [6.07, 6.45) is 1.78. The van der Waals surface area contributed by atoms with Crippen molar-refractivity contribution in [2.24, 2.45) is 0 Å². The van der Waals surface area contributed by atoms with Gasteiger partial charge in [-0.15, -0.1) is 0 Å². The lowest BCUT2D eigenvalue weighted by molar-refractivity contribution is -0.120. The van der Waals surface area contributed by atoms with Crippen LogP contribution in [0.15, 0.2) is 48.5 Å². The molecule has 1 unspecified atom stereocenters. The van der Waals surface area contributed by atoms with E-state index in [1.165, 1.54) is 0 Å². The number of fused-ring (bicyclic) bond motifs is 1. The van der Waals surface area contributed by atoms with Crippen LogP contribution in [0.5, 0.6) is 5.75 Å². The minimum Gasteiger partial charge on any atom is -0.497 e. The van der Waals surface area contributed by atoms with Crippen LogP contribution < -0.4 is 10.1 Å². The van der Waals surface area contributed by atoms with Crippen LogP contribution in [0, 0.1) is 0 Å². The second-order valence-corrected chi connectivity index (χ2v) is 7.15. The molecule has 1 aromatic heterocycles. The zero-order chi connectivity index (χ0) is 20.8. The first kappa shape index (κ1) is 20.6. The summed E-state index contributed by atoms with van der Waals surface area (Å²) >= 11 is 0. The summed E-state index contributed by atoms with van der Waals surface area (Å²) in [5, 5.41) is 2.96. The van der Waals surface area contributed by atoms with Crippen LogP contribution in [0.2, 0.25) is 0 Å². The highest BCUT2D eigenvalue weighted by atomic mass is 16.5. The normalized spacial score (nSPS) is 12.0. The lowest BCUT2D eigenvalue weighted by Gasteiger charge is -2.15. The maximum absolute atomic E-state index is 12.2. The van der Waals surface area contributed by atoms with Gasteiger partial charge in [-0.3, -0.25) is 9.59 Å². The van der Waals surface area contributed by atoms with Crippen molar-refractivity contribution < 1.29 is 14.3 Å². The van der Waals surface area contributed by atoms with E-state index in [9.17, 15) is 9.59 Å². The Bertz CT molecular complexity index is 992. The van der Waals surface area contributed by atoms with E-state index >= 15 is 0 Å². The van der Waals surface area contributed by atoms with E-state index in [0.29, 0.717) is 19.4 Å². The molecule has 1 heterocycles. The summed E-state index contributed by atoms with van der Waals surface area (Å²) in [6.45, 7) is 4.06. The van der Waals surface area contributed by atoms with E-state index in [0.717, 1.165) is 34.6 Å². The standard InChI is InChI=1S/C23H27N3O3/c1-16(17(2)27)26-21-8-5-4-7-20(21)25-22(26)9-6-14-24-23(28)15-18-10-12-19(29-3)13-11-18/h4-5,7-8,10-13,16H,6,9,14-15H2,1-3H3,(H,24,28). The van der Waals surface area contributed by atoms with E-state index in [1.807, 2.05) is 60.0 Å². The predicted octanol–water partition coefficient (Wildman–Crippen LogP) is 3.49. The number of benzene rings is 2. The summed E-state index contributed by atoms with van der Waals surface area (Å²) in [5.74, 6) is 1.73. The number of rotatable bonds is 9. The predicted molar refractivity (Wildman–Crippen MR) is 113 cm³/mol. The van der Waals surface area contributed by atoms with Crippen molar-refractivity contribution in [2.75, 3.05) is 13.7 Å². The zero-order valence-corrected chi connectivity index (χ0v) is 17.1. The topological polar surface area (TPSA) is 73.2 Å². The SMILES string of the molecule is COc1ccc(CC(=O)NCCCc2nc3ccccc3n2C(C)C(C)=O)cc1. The summed E-state index contributed by atoms with van der Waals surface area (Å²) in [6, 6.07) is 15.1. The minimum absolute atomic E-state index is 0.0132. The molecular formula is C23H27N3O3. The van der Waals surface area contributed by atoms with E-state index in [-0.39, 0.29) is 17.7 Å². The van der Waals surface area contributed by atoms with Gasteiger partial charge >= 0.3 is 0 Å². The van der Waals surface area contributed by atoms with Gasteiger partial charge in [0.1, 0.15) is 11.6 Å². The van der Waals surface area contributed by atoms with Gasteiger partial charge in [-0.2, -0.15) is 0 Å². The molecule has 152 valence electrons. The number of para-hydroxylation sites is 2. The third-order valence-electron chi connectivity index (χ3n) is 5.07. The Hall–Kier alpha value is -3.15. The Morgan fingerprint density at radius 2 is 1.86 bits per heavy atom. The number of hydrogen-bond acceptors (Lipinski definition) is 4. The van der Waals surface area contributed by atoms with Gasteiger partial charge in [0, 0.05) is 13.0 Å². The number of Topliss-reactive ketones (excluding diaryl/α,β-unsaturated/α-hetero) is 1. The highest BCUT2D eigenvalue weighted by Crippen LogP contribution is 2.22. The first-order chi connectivity index (χ1) is 14.0. The van der Waals surface area contributed by atoms with E-state index in [4.69, 9.17) is 9.72 Å². The molecule has 0 aliphatic carbocycles. The number of ether oxygens (including phenoxy) is 1. The second kappa shape index (κ2) is 9.37. The number of aromatic nitrogens is 2. The van der Waals surface area contributed by atoms with Crippen LogP contribution in [-0.4, -0.2) is 34.9 Å². The molecule has 29 heavy (non-hydrogen) atoms. The van der Waals surface area contributed by atoms with Crippen LogP contribution in [0.4, 0.5) is 0 Å². The lowest BCUT2D eigenvalue weighted by Crippen LogP contribution is -2.26. The molecule has 0 saturated heterocycles. The smallest absolute Gasteiger partial charge is 0.224 e. The average molecular weight is 393 g/mol. The Morgan fingerprint density at radius 1 is 1.14 bits per heavy atom. The van der Waals surface area contributed by atoms with E-state index in [2.05, 4.69) is 5.32 Å². The van der Waals surface area contributed by atoms with Crippen LogP contribution >= 0.6 is 0 Å². The fourth-order valence-corrected chi connectivity index (χ4v) is 3.35. The molecule has 2 aromatic carbocycles. The van der Waals surface area contributed by atoms with Crippen molar-refractivity contribution in [1.82, 2.24) is 14.9 Å². The van der Waals surface area contributed by atoms with Gasteiger partial charge in [0.05, 0.1) is 30.6 Å². The third-order valence-corrected chi connectivity index (χ3v) is 5.07. The molecule has 0 aliphatic heterocycles. The number of amides is 1. The average Bonchev–Trinajstić information content (AvgIpc) is 3.09. The van der Waals surface area contributed by atoms with Crippen molar-refractivity contribution in [2.45, 2.75) is 39.2 Å². The van der Waals surface area contributed by atoms with Crippen LogP contribution in [0.3, 0.4) is 0 Å². The summed E-state index contributed by atoms with van der Waals surface area (Å²) < 4.78 is 7.14. The molecule has 1 N–H and O–H groups in total. The monoisotopic (exact) mass is 393 g/mol. The fourth-order valence-electron chi connectivity index (χ4n) is 3.35. The van der Waals surface area contributed by atoms with Gasteiger partial charge in [0.15, 0.2) is 5.78 Å². The number of hydrogen-bond donors (Lipinski definition) is 1. The van der Waals surface area contributed by atoms with Gasteiger partial charge in [0.2, 0.25) is 5.91 Å². The number of nitrogens with zero attached hydrogens (tertiary/aromatic N) is 2. The number of aryl methyl sites for hydroxylation is 1. The number of methoxy groups -OCH3 is 1. The highest BCUT2D eigenvalue weighted by Gasteiger charge is 2.18. The first-order valence-corrected chi connectivity index (χ1v) is 9.85. The molecule has 1 atom stereocenters. The van der Waals surface area contributed by atoms with Crippen molar-refractivity contribution in [3.05, 3.63) is 59.9 Å². The molecule has 0 bridgehead atoms. The van der Waals surface area contributed by atoms with Crippen molar-refractivity contribution in [3.8, 4) is 5.75 Å². The fraction of sp³-hybridized carbons (Fsp3) is 0.348. The largest absolute Gasteiger partial charge is 0.497 e. The summed E-state index contributed by atoms with van der Waals surface area (Å²) in [4.78, 5) is 28.8. The Kier molecular flexibility index (Phi) is 6.65. The quantitative estimate of drug-likeness (QED) is 0.565. The van der Waals surface area contributed by atoms with E-state index in [1.54, 1.807) is 14.0 Å². The van der Waals surface area contributed by atoms with Crippen LogP contribution in [0.25, 0.3) is 11.0 Å². The molecule has 6 nitrogen and oxygen atoms in total. The molecule has 0 spiro atoms. The summed E-state index contributed by atoms with van der Waals surface area (Å²) in [7, 11) is 1.62. The molecule has 3 aromatic rings. The van der Waals surface area contributed by atoms with E-state index < -0.39 is 0 Å². The molecule has 0 radical (unpaired) electrons. The van der Waals surface area contributed by atoms with Crippen molar-refractivity contribution in [1.29, 1.82) is 0 Å². The Balaban J connectivity index is 1.57. The van der Waals surface area contributed by atoms with Crippen LogP contribution in [0.1, 0.15) is 37.7 Å². The Labute approximate surface area is 170 Å². The number of carbonyl (C=O) groups is 2. The summed E-state index contributed by atoms with van der Waals surface area (Å²) in [5.41, 5.74) is 2.80. The first-order valence-electron chi connectivity index (χ1n) is 9.85. The van der Waals surface area contributed by atoms with Crippen molar-refractivity contribution in [3.63, 3.8) is 0 Å². The number of nitrogens with one attached hydrogen (secondary N) is 1. The van der Waals surface area contributed by atoms with Gasteiger partial charge in [-0.05, 0) is 50.1 Å². The van der Waals surface area contributed by atoms with Gasteiger partial charge in [0.25, 0.3) is 0 Å². The molecular weight excluding hydrogens is 366 g/mol. The maximum atomic E-state index is 12.2. The van der Waals surface area contributed by atoms with Gasteiger partial charge in [-0.1, -0.05) is 24.3 Å². The number of carbonyl (C=O) groups excluding carboxylic acids is 2. The molecule has 3 rings (SSSR count). The lowest BCUT2D eigenvalue weighted by atomic mass is 10.1. The van der Waals surface area contributed by atoms with Gasteiger partial charge in [-0.25, -0.2) is 4.98 Å². The minimum atomic E-state index is -0.262. The molecule has 6 heteroatoms. The zero-order valence-electron chi connectivity index (χ0n) is 17.1. The second-order valence-electron chi connectivity index (χ2n) is 7.15. The van der Waals surface area contributed by atoms with Gasteiger partial charge < -0.3 is 14.6 Å². The van der Waals surface area contributed by atoms with Crippen LogP contribution in [-0.2, 0) is 22.4 Å². The molecule has 0 aliphatic rings. The Morgan fingerprint density at radius 3 is 2.55 bits per heavy atom. The third kappa shape index (κ3) is 5.02.